The summed E-state index contributed by atoms with van der Waals surface area (Å²) >= 11 is 0. The van der Waals surface area contributed by atoms with Gasteiger partial charge in [-0.25, -0.2) is 4.39 Å². The number of rotatable bonds is 9. The quantitative estimate of drug-likeness (QED) is 0.526. The summed E-state index contributed by atoms with van der Waals surface area (Å²) in [6.45, 7) is 6.72. The lowest BCUT2D eigenvalue weighted by Crippen LogP contribution is -2.39. The van der Waals surface area contributed by atoms with Crippen LogP contribution in [0.15, 0.2) is 35.6 Å². The normalized spacial score (nSPS) is 12.8. The lowest BCUT2D eigenvalue weighted by Gasteiger charge is -2.16. The first-order chi connectivity index (χ1) is 12.7. The zero-order chi connectivity index (χ0) is 18.8. The molecule has 1 unspecified atom stereocenters. The van der Waals surface area contributed by atoms with Gasteiger partial charge in [-0.3, -0.25) is 4.99 Å². The summed E-state index contributed by atoms with van der Waals surface area (Å²) in [5.41, 5.74) is 0.894. The average molecular weight is 362 g/mol. The highest BCUT2D eigenvalue weighted by Gasteiger charge is 2.10. The molecule has 7 nitrogen and oxygen atoms in total. The molecule has 0 saturated heterocycles. The predicted molar refractivity (Wildman–Crippen MR) is 99.5 cm³/mol. The minimum Gasteiger partial charge on any atom is -0.375 e. The number of aromatic nitrogens is 3. The van der Waals surface area contributed by atoms with Gasteiger partial charge in [-0.2, -0.15) is 0 Å². The summed E-state index contributed by atoms with van der Waals surface area (Å²) in [6.07, 6.45) is 2.36. The van der Waals surface area contributed by atoms with E-state index < -0.39 is 0 Å². The number of guanidine groups is 1. The largest absolute Gasteiger partial charge is 0.375 e. The smallest absolute Gasteiger partial charge is 0.191 e. The first kappa shape index (κ1) is 19.8. The van der Waals surface area contributed by atoms with Crippen LogP contribution in [-0.4, -0.2) is 47.5 Å². The van der Waals surface area contributed by atoms with Crippen LogP contribution in [0.1, 0.15) is 31.3 Å². The number of benzene rings is 1. The molecule has 0 spiro atoms. The fourth-order valence-corrected chi connectivity index (χ4v) is 2.54. The second-order valence-corrected chi connectivity index (χ2v) is 5.72. The average Bonchev–Trinajstić information content (AvgIpc) is 3.11. The van der Waals surface area contributed by atoms with E-state index in [9.17, 15) is 4.39 Å². The highest BCUT2D eigenvalue weighted by Crippen LogP contribution is 2.17. The van der Waals surface area contributed by atoms with Crippen LogP contribution in [-0.2, 0) is 17.7 Å². The molecule has 2 rings (SSSR count). The lowest BCUT2D eigenvalue weighted by molar-refractivity contribution is 0.111. The predicted octanol–water partition coefficient (Wildman–Crippen LogP) is 1.92. The third-order valence-corrected chi connectivity index (χ3v) is 3.94. The number of nitrogens with zero attached hydrogens (tertiary/aromatic N) is 4. The van der Waals surface area contributed by atoms with Gasteiger partial charge in [0.25, 0.3) is 0 Å². The summed E-state index contributed by atoms with van der Waals surface area (Å²) in [4.78, 5) is 4.58. The fourth-order valence-electron chi connectivity index (χ4n) is 2.54. The number of aliphatic imine (C=N–C) groups is 1. The van der Waals surface area contributed by atoms with Gasteiger partial charge < -0.3 is 19.9 Å². The highest BCUT2D eigenvalue weighted by molar-refractivity contribution is 5.79. The van der Waals surface area contributed by atoms with Crippen molar-refractivity contribution in [3.05, 3.63) is 47.8 Å². The van der Waals surface area contributed by atoms with E-state index in [1.54, 1.807) is 25.6 Å². The molecule has 8 heteroatoms. The van der Waals surface area contributed by atoms with Gasteiger partial charge in [-0.15, -0.1) is 10.2 Å². The Kier molecular flexibility index (Phi) is 8.01. The van der Waals surface area contributed by atoms with Gasteiger partial charge in [0.1, 0.15) is 24.1 Å². The zero-order valence-electron chi connectivity index (χ0n) is 15.6. The van der Waals surface area contributed by atoms with E-state index >= 15 is 0 Å². The van der Waals surface area contributed by atoms with Crippen molar-refractivity contribution < 1.29 is 9.13 Å². The van der Waals surface area contributed by atoms with Crippen LogP contribution >= 0.6 is 0 Å². The molecule has 0 aliphatic rings. The second kappa shape index (κ2) is 10.5. The molecule has 1 atom stereocenters. The van der Waals surface area contributed by atoms with Crippen LogP contribution in [0.5, 0.6) is 0 Å². The van der Waals surface area contributed by atoms with E-state index in [4.69, 9.17) is 4.74 Å². The monoisotopic (exact) mass is 362 g/mol. The Morgan fingerprint density at radius 1 is 1.27 bits per heavy atom. The molecule has 26 heavy (non-hydrogen) atoms. The Labute approximate surface area is 153 Å². The first-order valence-electron chi connectivity index (χ1n) is 8.85. The van der Waals surface area contributed by atoms with E-state index in [2.05, 4.69) is 32.7 Å². The SMILES string of the molecule is CCNC(=NCC(OC)c1ccc(F)cc1)NCCn1cnnc1CC. The van der Waals surface area contributed by atoms with Gasteiger partial charge in [0.05, 0.1) is 6.54 Å². The number of hydrogen-bond acceptors (Lipinski definition) is 4. The van der Waals surface area contributed by atoms with Crippen molar-refractivity contribution in [1.82, 2.24) is 25.4 Å². The van der Waals surface area contributed by atoms with E-state index in [1.165, 1.54) is 12.1 Å². The maximum atomic E-state index is 13.1. The van der Waals surface area contributed by atoms with Gasteiger partial charge >= 0.3 is 0 Å². The van der Waals surface area contributed by atoms with Crippen LogP contribution in [0.3, 0.4) is 0 Å². The number of aryl methyl sites for hydroxylation is 1. The first-order valence-corrected chi connectivity index (χ1v) is 8.85. The van der Waals surface area contributed by atoms with E-state index in [0.29, 0.717) is 19.0 Å². The van der Waals surface area contributed by atoms with Gasteiger partial charge in [0, 0.05) is 33.2 Å². The Balaban J connectivity index is 1.93. The summed E-state index contributed by atoms with van der Waals surface area (Å²) in [6, 6.07) is 6.30. The number of ether oxygens (including phenoxy) is 1. The maximum absolute atomic E-state index is 13.1. The van der Waals surface area contributed by atoms with Crippen molar-refractivity contribution in [3.8, 4) is 0 Å². The van der Waals surface area contributed by atoms with Crippen molar-refractivity contribution in [3.63, 3.8) is 0 Å². The Morgan fingerprint density at radius 3 is 2.69 bits per heavy atom. The van der Waals surface area contributed by atoms with Gasteiger partial charge in [-0.05, 0) is 24.6 Å². The van der Waals surface area contributed by atoms with Crippen LogP contribution in [0.25, 0.3) is 0 Å². The van der Waals surface area contributed by atoms with Crippen molar-refractivity contribution in [2.24, 2.45) is 4.99 Å². The summed E-state index contributed by atoms with van der Waals surface area (Å²) in [7, 11) is 1.63. The molecule has 1 aromatic heterocycles. The number of methoxy groups -OCH3 is 1. The summed E-state index contributed by atoms with van der Waals surface area (Å²) in [5.74, 6) is 1.41. The van der Waals surface area contributed by atoms with Crippen LogP contribution < -0.4 is 10.6 Å². The molecule has 0 radical (unpaired) electrons. The van der Waals surface area contributed by atoms with Crippen LogP contribution in [0.2, 0.25) is 0 Å². The Bertz CT molecular complexity index is 685. The topological polar surface area (TPSA) is 76.4 Å². The van der Waals surface area contributed by atoms with Crippen molar-refractivity contribution in [1.29, 1.82) is 0 Å². The summed E-state index contributed by atoms with van der Waals surface area (Å²) in [5, 5.41) is 14.5. The van der Waals surface area contributed by atoms with E-state index in [0.717, 1.165) is 30.9 Å². The molecule has 142 valence electrons. The second-order valence-electron chi connectivity index (χ2n) is 5.72. The standard InChI is InChI=1S/C18H27FN6O/c1-4-17-24-23-13-25(17)11-10-21-18(20-5-2)22-12-16(26-3)14-6-8-15(19)9-7-14/h6-9,13,16H,4-5,10-12H2,1-3H3,(H2,20,21,22). The third kappa shape index (κ3) is 5.80. The molecular weight excluding hydrogens is 335 g/mol. The number of hydrogen-bond donors (Lipinski definition) is 2. The molecular formula is C18H27FN6O. The molecule has 2 N–H and O–H groups in total. The lowest BCUT2D eigenvalue weighted by atomic mass is 10.1. The zero-order valence-corrected chi connectivity index (χ0v) is 15.6. The molecule has 0 aliphatic heterocycles. The van der Waals surface area contributed by atoms with Crippen LogP contribution in [0, 0.1) is 5.82 Å². The summed E-state index contributed by atoms with van der Waals surface area (Å²) < 4.78 is 20.6. The van der Waals surface area contributed by atoms with Crippen molar-refractivity contribution in [2.75, 3.05) is 26.7 Å². The van der Waals surface area contributed by atoms with Crippen LogP contribution in [0.4, 0.5) is 4.39 Å². The third-order valence-electron chi connectivity index (χ3n) is 3.94. The Hall–Kier alpha value is -2.48. The molecule has 1 aromatic carbocycles. The molecule has 0 aliphatic carbocycles. The van der Waals surface area contributed by atoms with Gasteiger partial charge in [-0.1, -0.05) is 19.1 Å². The highest BCUT2D eigenvalue weighted by atomic mass is 19.1. The molecule has 1 heterocycles. The molecule has 0 saturated carbocycles. The van der Waals surface area contributed by atoms with Crippen molar-refractivity contribution >= 4 is 5.96 Å². The molecule has 2 aromatic rings. The molecule has 0 fully saturated rings. The van der Waals surface area contributed by atoms with Gasteiger partial charge in [0.2, 0.25) is 0 Å². The minimum absolute atomic E-state index is 0.226. The fraction of sp³-hybridized carbons (Fsp3) is 0.500. The van der Waals surface area contributed by atoms with E-state index in [-0.39, 0.29) is 11.9 Å². The molecule has 0 bridgehead atoms. The number of nitrogens with one attached hydrogen (secondary N) is 2. The van der Waals surface area contributed by atoms with Gasteiger partial charge in [0.15, 0.2) is 5.96 Å². The van der Waals surface area contributed by atoms with E-state index in [1.807, 2.05) is 11.5 Å². The molecule has 0 amide bonds. The maximum Gasteiger partial charge on any atom is 0.191 e. The number of halogens is 1. The Morgan fingerprint density at radius 2 is 2.04 bits per heavy atom. The van der Waals surface area contributed by atoms with Crippen molar-refractivity contribution in [2.45, 2.75) is 32.9 Å². The minimum atomic E-state index is -0.262.